The van der Waals surface area contributed by atoms with Gasteiger partial charge in [0.05, 0.1) is 16.6 Å². The summed E-state index contributed by atoms with van der Waals surface area (Å²) in [6, 6.07) is 11.3. The molecule has 0 atom stereocenters. The molecule has 18 heavy (non-hydrogen) atoms. The second-order valence-corrected chi connectivity index (χ2v) is 4.42. The van der Waals surface area contributed by atoms with Crippen molar-refractivity contribution in [1.82, 2.24) is 4.98 Å². The molecule has 1 aromatic carbocycles. The molecule has 2 rings (SSSR count). The summed E-state index contributed by atoms with van der Waals surface area (Å²) in [5.41, 5.74) is 0. The van der Waals surface area contributed by atoms with Crippen molar-refractivity contribution in [3.63, 3.8) is 0 Å². The molecule has 94 valence electrons. The van der Waals surface area contributed by atoms with Crippen molar-refractivity contribution in [1.29, 1.82) is 0 Å². The number of ether oxygens (including phenoxy) is 1. The number of halogens is 2. The molecule has 0 aliphatic heterocycles. The van der Waals surface area contributed by atoms with Crippen LogP contribution in [0.2, 0.25) is 10.0 Å². The Hall–Kier alpha value is -1.45. The molecular weight excluding hydrogens is 271 g/mol. The lowest BCUT2D eigenvalue weighted by Gasteiger charge is -2.09. The van der Waals surface area contributed by atoms with Crippen molar-refractivity contribution >= 4 is 29.0 Å². The van der Waals surface area contributed by atoms with Gasteiger partial charge in [-0.05, 0) is 18.2 Å². The van der Waals surface area contributed by atoms with Crippen molar-refractivity contribution in [2.24, 2.45) is 0 Å². The Morgan fingerprint density at radius 3 is 2.67 bits per heavy atom. The molecule has 0 amide bonds. The number of pyridine rings is 1. The van der Waals surface area contributed by atoms with Gasteiger partial charge in [0.25, 0.3) is 0 Å². The molecule has 2 aromatic rings. The van der Waals surface area contributed by atoms with Gasteiger partial charge in [0.1, 0.15) is 18.2 Å². The molecule has 1 heterocycles. The normalized spacial score (nSPS) is 10.1. The van der Waals surface area contributed by atoms with Crippen molar-refractivity contribution in [2.75, 3.05) is 18.5 Å². The first-order valence-electron chi connectivity index (χ1n) is 5.48. The maximum absolute atomic E-state index is 5.98. The fourth-order valence-corrected chi connectivity index (χ4v) is 1.85. The zero-order valence-corrected chi connectivity index (χ0v) is 11.1. The molecule has 0 bridgehead atoms. The van der Waals surface area contributed by atoms with E-state index in [1.165, 1.54) is 0 Å². The minimum Gasteiger partial charge on any atom is -0.492 e. The predicted molar refractivity (Wildman–Crippen MR) is 74.7 cm³/mol. The average molecular weight is 283 g/mol. The van der Waals surface area contributed by atoms with Crippen LogP contribution in [0.4, 0.5) is 5.82 Å². The molecule has 0 radical (unpaired) electrons. The van der Waals surface area contributed by atoms with E-state index in [-0.39, 0.29) is 0 Å². The van der Waals surface area contributed by atoms with E-state index in [1.807, 2.05) is 30.3 Å². The van der Waals surface area contributed by atoms with E-state index in [1.54, 1.807) is 12.3 Å². The fraction of sp³-hybridized carbons (Fsp3) is 0.154. The van der Waals surface area contributed by atoms with Crippen LogP contribution >= 0.6 is 23.2 Å². The third-order valence-electron chi connectivity index (χ3n) is 2.21. The third-order valence-corrected chi connectivity index (χ3v) is 2.71. The van der Waals surface area contributed by atoms with Gasteiger partial charge in [-0.1, -0.05) is 41.4 Å². The van der Waals surface area contributed by atoms with Crippen LogP contribution in [0.1, 0.15) is 0 Å². The largest absolute Gasteiger partial charge is 0.492 e. The minimum atomic E-state index is 0.502. The molecule has 0 spiro atoms. The second kappa shape index (κ2) is 6.47. The first-order valence-corrected chi connectivity index (χ1v) is 6.24. The SMILES string of the molecule is Clc1cnc(NCCOc2ccccc2)c(Cl)c1. The lowest BCUT2D eigenvalue weighted by atomic mass is 10.3. The van der Waals surface area contributed by atoms with E-state index in [9.17, 15) is 0 Å². The van der Waals surface area contributed by atoms with Crippen molar-refractivity contribution < 1.29 is 4.74 Å². The topological polar surface area (TPSA) is 34.2 Å². The molecule has 1 N–H and O–H groups in total. The van der Waals surface area contributed by atoms with Crippen LogP contribution in [0, 0.1) is 0 Å². The Kier molecular flexibility index (Phi) is 4.67. The molecule has 0 aliphatic rings. The molecule has 3 nitrogen and oxygen atoms in total. The van der Waals surface area contributed by atoms with Gasteiger partial charge < -0.3 is 10.1 Å². The summed E-state index contributed by atoms with van der Waals surface area (Å²) in [6.45, 7) is 1.15. The van der Waals surface area contributed by atoms with Crippen LogP contribution < -0.4 is 10.1 Å². The van der Waals surface area contributed by atoms with Crippen molar-refractivity contribution in [3.8, 4) is 5.75 Å². The lowest BCUT2D eigenvalue weighted by Crippen LogP contribution is -2.12. The Bertz CT molecular complexity index is 506. The molecule has 5 heteroatoms. The van der Waals surface area contributed by atoms with E-state index in [2.05, 4.69) is 10.3 Å². The first-order chi connectivity index (χ1) is 8.75. The first kappa shape index (κ1) is 13.0. The minimum absolute atomic E-state index is 0.502. The summed E-state index contributed by atoms with van der Waals surface area (Å²) in [5, 5.41) is 4.11. The maximum atomic E-state index is 5.98. The molecule has 1 aromatic heterocycles. The van der Waals surface area contributed by atoms with Gasteiger partial charge in [-0.25, -0.2) is 4.98 Å². The van der Waals surface area contributed by atoms with E-state index < -0.39 is 0 Å². The highest BCUT2D eigenvalue weighted by atomic mass is 35.5. The van der Waals surface area contributed by atoms with Crippen LogP contribution in [0.25, 0.3) is 0 Å². The number of benzene rings is 1. The lowest BCUT2D eigenvalue weighted by molar-refractivity contribution is 0.333. The molecule has 0 aliphatic carbocycles. The number of rotatable bonds is 5. The van der Waals surface area contributed by atoms with Crippen LogP contribution in [0.15, 0.2) is 42.6 Å². The number of anilines is 1. The fourth-order valence-electron chi connectivity index (χ4n) is 1.40. The monoisotopic (exact) mass is 282 g/mol. The van der Waals surface area contributed by atoms with Crippen LogP contribution in [-0.4, -0.2) is 18.1 Å². The van der Waals surface area contributed by atoms with E-state index >= 15 is 0 Å². The standard InChI is InChI=1S/C13H12Cl2N2O/c14-10-8-12(15)13(17-9-10)16-6-7-18-11-4-2-1-3-5-11/h1-5,8-9H,6-7H2,(H,16,17). The summed E-state index contributed by atoms with van der Waals surface area (Å²) in [5.74, 6) is 1.45. The zero-order valence-electron chi connectivity index (χ0n) is 9.57. The second-order valence-electron chi connectivity index (χ2n) is 3.57. The van der Waals surface area contributed by atoms with E-state index in [0.29, 0.717) is 29.0 Å². The molecule has 0 saturated heterocycles. The average Bonchev–Trinajstić information content (AvgIpc) is 2.38. The van der Waals surface area contributed by atoms with Gasteiger partial charge in [-0.2, -0.15) is 0 Å². The Morgan fingerprint density at radius 1 is 1.17 bits per heavy atom. The number of nitrogens with one attached hydrogen (secondary N) is 1. The van der Waals surface area contributed by atoms with Crippen molar-refractivity contribution in [2.45, 2.75) is 0 Å². The Morgan fingerprint density at radius 2 is 1.94 bits per heavy atom. The van der Waals surface area contributed by atoms with Crippen molar-refractivity contribution in [3.05, 3.63) is 52.6 Å². The highest BCUT2D eigenvalue weighted by molar-refractivity contribution is 6.35. The summed E-state index contributed by atoms with van der Waals surface area (Å²) in [6.07, 6.45) is 1.55. The highest BCUT2D eigenvalue weighted by Crippen LogP contribution is 2.22. The Balaban J connectivity index is 1.79. The van der Waals surface area contributed by atoms with Gasteiger partial charge in [-0.3, -0.25) is 0 Å². The molecule has 0 fully saturated rings. The summed E-state index contributed by atoms with van der Waals surface area (Å²) in [7, 11) is 0. The number of para-hydroxylation sites is 1. The highest BCUT2D eigenvalue weighted by Gasteiger charge is 2.01. The van der Waals surface area contributed by atoms with Crippen LogP contribution in [0.5, 0.6) is 5.75 Å². The van der Waals surface area contributed by atoms with Gasteiger partial charge in [-0.15, -0.1) is 0 Å². The maximum Gasteiger partial charge on any atom is 0.144 e. The molecular formula is C13H12Cl2N2O. The number of nitrogens with zero attached hydrogens (tertiary/aromatic N) is 1. The van der Waals surface area contributed by atoms with Crippen LogP contribution in [0.3, 0.4) is 0 Å². The smallest absolute Gasteiger partial charge is 0.144 e. The quantitative estimate of drug-likeness (QED) is 0.845. The summed E-state index contributed by atoms with van der Waals surface area (Å²) < 4.78 is 5.53. The summed E-state index contributed by atoms with van der Waals surface area (Å²) >= 11 is 11.7. The van der Waals surface area contributed by atoms with Gasteiger partial charge >= 0.3 is 0 Å². The third kappa shape index (κ3) is 3.79. The van der Waals surface area contributed by atoms with E-state index in [4.69, 9.17) is 27.9 Å². The van der Waals surface area contributed by atoms with Crippen LogP contribution in [-0.2, 0) is 0 Å². The predicted octanol–water partition coefficient (Wildman–Crippen LogP) is 3.88. The van der Waals surface area contributed by atoms with Gasteiger partial charge in [0, 0.05) is 6.20 Å². The number of hydrogen-bond acceptors (Lipinski definition) is 3. The number of aromatic nitrogens is 1. The number of hydrogen-bond donors (Lipinski definition) is 1. The van der Waals surface area contributed by atoms with Gasteiger partial charge in [0.2, 0.25) is 0 Å². The Labute approximate surface area is 116 Å². The molecule has 0 unspecified atom stereocenters. The zero-order chi connectivity index (χ0) is 12.8. The van der Waals surface area contributed by atoms with Gasteiger partial charge in [0.15, 0.2) is 0 Å². The summed E-state index contributed by atoms with van der Waals surface area (Å²) in [4.78, 5) is 4.09. The molecule has 0 saturated carbocycles. The van der Waals surface area contributed by atoms with E-state index in [0.717, 1.165) is 5.75 Å².